The van der Waals surface area contributed by atoms with E-state index in [0.29, 0.717) is 18.7 Å². The topological polar surface area (TPSA) is 33.6 Å². The molecule has 0 bridgehead atoms. The van der Waals surface area contributed by atoms with E-state index in [4.69, 9.17) is 4.74 Å². The minimum atomic E-state index is -2.82. The zero-order valence-corrected chi connectivity index (χ0v) is 10.9. The molecule has 100 valence electrons. The van der Waals surface area contributed by atoms with Crippen molar-refractivity contribution in [3.63, 3.8) is 0 Å². The molecule has 0 aliphatic carbocycles. The van der Waals surface area contributed by atoms with Crippen molar-refractivity contribution in [2.24, 2.45) is 4.99 Å². The summed E-state index contributed by atoms with van der Waals surface area (Å²) in [6, 6.07) is 0. The first kappa shape index (κ1) is 16.0. The van der Waals surface area contributed by atoms with E-state index in [2.05, 4.69) is 16.9 Å². The number of nitrogens with one attached hydrogen (secondary N) is 1. The Kier molecular flexibility index (Phi) is 7.70. The summed E-state index contributed by atoms with van der Waals surface area (Å²) < 4.78 is 30.1. The fourth-order valence-electron chi connectivity index (χ4n) is 1.17. The van der Waals surface area contributed by atoms with E-state index >= 15 is 0 Å². The molecule has 0 aliphatic heterocycles. The third kappa shape index (κ3) is 9.93. The first-order chi connectivity index (χ1) is 7.89. The van der Waals surface area contributed by atoms with Crippen LogP contribution < -0.4 is 5.32 Å². The zero-order valence-electron chi connectivity index (χ0n) is 10.9. The van der Waals surface area contributed by atoms with Crippen molar-refractivity contribution < 1.29 is 13.5 Å². The number of halogens is 2. The van der Waals surface area contributed by atoms with Crippen molar-refractivity contribution >= 4 is 5.90 Å². The molecule has 0 heterocycles. The van der Waals surface area contributed by atoms with Gasteiger partial charge in [0.1, 0.15) is 0 Å². The van der Waals surface area contributed by atoms with Crippen LogP contribution in [0.15, 0.2) is 17.1 Å². The van der Waals surface area contributed by atoms with Crippen molar-refractivity contribution in [2.75, 3.05) is 27.2 Å². The lowest BCUT2D eigenvalue weighted by molar-refractivity contribution is -0.0279. The summed E-state index contributed by atoms with van der Waals surface area (Å²) in [5, 5.41) is 3.02. The predicted octanol–water partition coefficient (Wildman–Crippen LogP) is 2.63. The second kappa shape index (κ2) is 8.17. The number of hydrogen-bond donors (Lipinski definition) is 1. The maximum Gasteiger partial charge on any atom is 0.278 e. The Morgan fingerprint density at radius 2 is 2.00 bits per heavy atom. The van der Waals surface area contributed by atoms with Crippen LogP contribution in [-0.2, 0) is 4.74 Å². The predicted molar refractivity (Wildman–Crippen MR) is 66.8 cm³/mol. The smallest absolute Gasteiger partial charge is 0.278 e. The lowest BCUT2D eigenvalue weighted by atomic mass is 10.1. The van der Waals surface area contributed by atoms with Crippen molar-refractivity contribution in [1.29, 1.82) is 0 Å². The lowest BCUT2D eigenvalue weighted by Gasteiger charge is -2.13. The van der Waals surface area contributed by atoms with Crippen LogP contribution in [0.4, 0.5) is 8.78 Å². The van der Waals surface area contributed by atoms with E-state index < -0.39 is 12.5 Å². The fourth-order valence-corrected chi connectivity index (χ4v) is 1.17. The van der Waals surface area contributed by atoms with Gasteiger partial charge in [-0.15, -0.1) is 0 Å². The van der Waals surface area contributed by atoms with Gasteiger partial charge in [0.25, 0.3) is 5.92 Å². The number of hydrogen-bond acceptors (Lipinski definition) is 3. The van der Waals surface area contributed by atoms with Gasteiger partial charge < -0.3 is 10.1 Å². The zero-order chi connectivity index (χ0) is 13.3. The highest BCUT2D eigenvalue weighted by molar-refractivity contribution is 5.76. The molecule has 0 unspecified atom stereocenters. The van der Waals surface area contributed by atoms with Crippen LogP contribution in [0.2, 0.25) is 0 Å². The Labute approximate surface area is 102 Å². The standard InChI is InChI=1S/C12H22F2N2O/c1-10(7-8-15-3)5-6-11(16-4)17-9-12(2,13)14/h15H,1,5-9H2,2-4H3. The number of ether oxygens (including phenoxy) is 1. The van der Waals surface area contributed by atoms with Gasteiger partial charge in [-0.1, -0.05) is 12.2 Å². The molecule has 1 N–H and O–H groups in total. The molecule has 0 aromatic rings. The number of nitrogens with zero attached hydrogens (tertiary/aromatic N) is 1. The maximum atomic E-state index is 12.6. The van der Waals surface area contributed by atoms with E-state index in [9.17, 15) is 8.78 Å². The SMILES string of the molecule is C=C(CCNC)CCC(=NC)OCC(C)(F)F. The Bertz CT molecular complexity index is 260. The Balaban J connectivity index is 3.87. The van der Waals surface area contributed by atoms with Gasteiger partial charge in [0.15, 0.2) is 12.5 Å². The van der Waals surface area contributed by atoms with Crippen molar-refractivity contribution in [1.82, 2.24) is 5.32 Å². The third-order valence-electron chi connectivity index (χ3n) is 2.16. The Hall–Kier alpha value is -0.970. The van der Waals surface area contributed by atoms with E-state index in [1.165, 1.54) is 0 Å². The molecule has 0 atom stereocenters. The van der Waals surface area contributed by atoms with Crippen LogP contribution >= 0.6 is 0 Å². The molecule has 17 heavy (non-hydrogen) atoms. The Morgan fingerprint density at radius 1 is 1.35 bits per heavy atom. The van der Waals surface area contributed by atoms with Crippen molar-refractivity contribution in [3.05, 3.63) is 12.2 Å². The molecule has 0 fully saturated rings. The molecular weight excluding hydrogens is 226 g/mol. The van der Waals surface area contributed by atoms with E-state index in [1.54, 1.807) is 7.05 Å². The van der Waals surface area contributed by atoms with Gasteiger partial charge in [-0.25, -0.2) is 8.78 Å². The van der Waals surface area contributed by atoms with Crippen molar-refractivity contribution in [2.45, 2.75) is 32.1 Å². The Morgan fingerprint density at radius 3 is 2.47 bits per heavy atom. The van der Waals surface area contributed by atoms with Crippen LogP contribution in [0, 0.1) is 0 Å². The second-order valence-corrected chi connectivity index (χ2v) is 4.08. The van der Waals surface area contributed by atoms with Crippen LogP contribution in [-0.4, -0.2) is 39.1 Å². The monoisotopic (exact) mass is 248 g/mol. The summed E-state index contributed by atoms with van der Waals surface area (Å²) in [6.45, 7) is 4.98. The molecule has 3 nitrogen and oxygen atoms in total. The van der Waals surface area contributed by atoms with Crippen molar-refractivity contribution in [3.8, 4) is 0 Å². The first-order valence-electron chi connectivity index (χ1n) is 5.66. The molecule has 0 radical (unpaired) electrons. The molecule has 0 amide bonds. The van der Waals surface area contributed by atoms with Gasteiger partial charge in [0.2, 0.25) is 0 Å². The molecule has 0 aliphatic rings. The summed E-state index contributed by atoms with van der Waals surface area (Å²) in [7, 11) is 3.41. The molecule has 0 aromatic heterocycles. The highest BCUT2D eigenvalue weighted by Gasteiger charge is 2.22. The van der Waals surface area contributed by atoms with Gasteiger partial charge in [0, 0.05) is 20.4 Å². The average molecular weight is 248 g/mol. The van der Waals surface area contributed by atoms with Crippen LogP contribution in [0.1, 0.15) is 26.2 Å². The van der Waals surface area contributed by atoms with E-state index in [1.807, 2.05) is 7.05 Å². The van der Waals surface area contributed by atoms with Gasteiger partial charge >= 0.3 is 0 Å². The molecule has 0 aromatic carbocycles. The minimum absolute atomic E-state index is 0.358. The van der Waals surface area contributed by atoms with Gasteiger partial charge in [-0.05, 0) is 26.4 Å². The third-order valence-corrected chi connectivity index (χ3v) is 2.16. The fraction of sp³-hybridized carbons (Fsp3) is 0.750. The summed E-state index contributed by atoms with van der Waals surface area (Å²) in [6.07, 6.45) is 2.11. The van der Waals surface area contributed by atoms with Crippen LogP contribution in [0.25, 0.3) is 0 Å². The molecule has 5 heteroatoms. The van der Waals surface area contributed by atoms with Gasteiger partial charge in [0.05, 0.1) is 0 Å². The molecule has 0 rings (SSSR count). The molecule has 0 saturated carbocycles. The minimum Gasteiger partial charge on any atom is -0.475 e. The van der Waals surface area contributed by atoms with Crippen LogP contribution in [0.5, 0.6) is 0 Å². The highest BCUT2D eigenvalue weighted by atomic mass is 19.3. The second-order valence-electron chi connectivity index (χ2n) is 4.08. The lowest BCUT2D eigenvalue weighted by Crippen LogP contribution is -2.21. The molecular formula is C12H22F2N2O. The van der Waals surface area contributed by atoms with E-state index in [-0.39, 0.29) is 0 Å². The quantitative estimate of drug-likeness (QED) is 0.407. The van der Waals surface area contributed by atoms with Crippen LogP contribution in [0.3, 0.4) is 0 Å². The number of alkyl halides is 2. The van der Waals surface area contributed by atoms with Gasteiger partial charge in [-0.3, -0.25) is 4.99 Å². The summed E-state index contributed by atoms with van der Waals surface area (Å²) in [5.41, 5.74) is 1.06. The summed E-state index contributed by atoms with van der Waals surface area (Å²) >= 11 is 0. The average Bonchev–Trinajstić information content (AvgIpc) is 2.25. The molecule has 0 saturated heterocycles. The first-order valence-corrected chi connectivity index (χ1v) is 5.66. The number of aliphatic imine (C=N–C) groups is 1. The largest absolute Gasteiger partial charge is 0.475 e. The maximum absolute atomic E-state index is 12.6. The highest BCUT2D eigenvalue weighted by Crippen LogP contribution is 2.13. The number of rotatable bonds is 8. The van der Waals surface area contributed by atoms with E-state index in [0.717, 1.165) is 25.5 Å². The summed E-state index contributed by atoms with van der Waals surface area (Å²) in [4.78, 5) is 3.85. The molecule has 0 spiro atoms. The van der Waals surface area contributed by atoms with Gasteiger partial charge in [-0.2, -0.15) is 0 Å². The summed E-state index contributed by atoms with van der Waals surface area (Å²) in [5.74, 6) is -2.46. The normalized spacial score (nSPS) is 12.6.